The van der Waals surface area contributed by atoms with Gasteiger partial charge in [0.15, 0.2) is 0 Å². The molecule has 17 heavy (non-hydrogen) atoms. The van der Waals surface area contributed by atoms with Crippen LogP contribution in [0, 0.1) is 0 Å². The van der Waals surface area contributed by atoms with E-state index in [4.69, 9.17) is 21.1 Å². The number of hydrogen-bond acceptors (Lipinski definition) is 6. The van der Waals surface area contributed by atoms with Crippen molar-refractivity contribution in [2.75, 3.05) is 19.8 Å². The molecule has 1 heterocycles. The van der Waals surface area contributed by atoms with Crippen molar-refractivity contribution >= 4 is 17.2 Å². The van der Waals surface area contributed by atoms with E-state index in [0.717, 1.165) is 4.88 Å². The molecule has 6 N–H and O–H groups in total. The Kier molecular flexibility index (Phi) is 5.03. The molecule has 0 spiro atoms. The molecular weight excluding hydrogens is 244 g/mol. The Morgan fingerprint density at radius 1 is 1.35 bits per heavy atom. The van der Waals surface area contributed by atoms with Gasteiger partial charge in [-0.15, -0.1) is 11.3 Å². The zero-order valence-electron chi connectivity index (χ0n) is 9.22. The first-order valence-electron chi connectivity index (χ1n) is 5.02. The summed E-state index contributed by atoms with van der Waals surface area (Å²) in [7, 11) is 0. The summed E-state index contributed by atoms with van der Waals surface area (Å²) in [5.74, 6) is -0.495. The molecule has 0 fully saturated rings. The fourth-order valence-electron chi connectivity index (χ4n) is 1.19. The van der Waals surface area contributed by atoms with Crippen LogP contribution in [0.2, 0.25) is 0 Å². The Morgan fingerprint density at radius 3 is 2.35 bits per heavy atom. The van der Waals surface area contributed by atoms with Gasteiger partial charge in [-0.05, 0) is 6.07 Å². The molecule has 0 unspecified atom stereocenters. The van der Waals surface area contributed by atoms with Crippen LogP contribution in [0.4, 0.5) is 0 Å². The van der Waals surface area contributed by atoms with Crippen molar-refractivity contribution in [3.8, 4) is 0 Å². The Labute approximate surface area is 103 Å². The van der Waals surface area contributed by atoms with Gasteiger partial charge in [-0.1, -0.05) is 0 Å². The molecule has 96 valence electrons. The van der Waals surface area contributed by atoms with E-state index in [0.29, 0.717) is 12.1 Å². The van der Waals surface area contributed by atoms with Crippen molar-refractivity contribution in [3.63, 3.8) is 0 Å². The van der Waals surface area contributed by atoms with Crippen molar-refractivity contribution in [1.29, 1.82) is 0 Å². The summed E-state index contributed by atoms with van der Waals surface area (Å²) in [6.45, 7) is -0.810. The summed E-state index contributed by atoms with van der Waals surface area (Å²) >= 11 is 1.34. The molecule has 7 heteroatoms. The molecular formula is C10H16N2O4S. The van der Waals surface area contributed by atoms with Crippen LogP contribution in [0.3, 0.4) is 0 Å². The molecule has 1 amide bonds. The quantitative estimate of drug-likeness (QED) is 0.416. The lowest BCUT2D eigenvalue weighted by Crippen LogP contribution is -2.54. The van der Waals surface area contributed by atoms with E-state index >= 15 is 0 Å². The van der Waals surface area contributed by atoms with Crippen LogP contribution in [0.1, 0.15) is 15.2 Å². The van der Waals surface area contributed by atoms with Crippen molar-refractivity contribution in [2.24, 2.45) is 5.73 Å². The molecule has 1 rings (SSSR count). The second kappa shape index (κ2) is 6.08. The molecule has 0 aliphatic rings. The maximum absolute atomic E-state index is 10.9. The minimum Gasteiger partial charge on any atom is -0.394 e. The minimum atomic E-state index is -1.11. The lowest BCUT2D eigenvalue weighted by Gasteiger charge is -2.28. The van der Waals surface area contributed by atoms with Gasteiger partial charge in [0.1, 0.15) is 0 Å². The highest BCUT2D eigenvalue weighted by Gasteiger charge is 2.27. The van der Waals surface area contributed by atoms with E-state index < -0.39 is 11.4 Å². The third kappa shape index (κ3) is 3.48. The average Bonchev–Trinajstić information content (AvgIpc) is 2.81. The Balaban J connectivity index is 2.62. The lowest BCUT2D eigenvalue weighted by molar-refractivity contribution is 0.0415. The van der Waals surface area contributed by atoms with Crippen molar-refractivity contribution in [1.82, 2.24) is 5.32 Å². The Hall–Kier alpha value is -0.990. The molecule has 0 bridgehead atoms. The number of rotatable bonds is 7. The third-order valence-corrected chi connectivity index (χ3v) is 3.42. The number of nitrogens with two attached hydrogens (primary N) is 1. The van der Waals surface area contributed by atoms with Crippen LogP contribution >= 0.6 is 11.3 Å². The van der Waals surface area contributed by atoms with Crippen LogP contribution in [0.5, 0.6) is 0 Å². The molecule has 0 saturated carbocycles. The number of aliphatic hydroxyl groups is 3. The van der Waals surface area contributed by atoms with E-state index in [9.17, 15) is 4.79 Å². The average molecular weight is 260 g/mol. The molecule has 6 nitrogen and oxygen atoms in total. The Morgan fingerprint density at radius 2 is 1.94 bits per heavy atom. The first-order valence-corrected chi connectivity index (χ1v) is 5.89. The van der Waals surface area contributed by atoms with E-state index in [-0.39, 0.29) is 19.8 Å². The number of thiophene rings is 1. The molecule has 0 aliphatic carbocycles. The molecule has 0 atom stereocenters. The van der Waals surface area contributed by atoms with E-state index in [1.165, 1.54) is 11.3 Å². The van der Waals surface area contributed by atoms with Crippen LogP contribution in [-0.2, 0) is 6.54 Å². The summed E-state index contributed by atoms with van der Waals surface area (Å²) in [6, 6.07) is 1.64. The number of aliphatic hydroxyl groups excluding tert-OH is 3. The van der Waals surface area contributed by atoms with E-state index in [2.05, 4.69) is 5.32 Å². The number of hydrogen-bond donors (Lipinski definition) is 5. The number of amides is 1. The first kappa shape index (κ1) is 14.1. The second-order valence-electron chi connectivity index (χ2n) is 3.77. The highest BCUT2D eigenvalue weighted by molar-refractivity contribution is 7.10. The highest BCUT2D eigenvalue weighted by atomic mass is 32.1. The fraction of sp³-hybridized carbons (Fsp3) is 0.500. The summed E-state index contributed by atoms with van der Waals surface area (Å²) in [4.78, 5) is 11.7. The summed E-state index contributed by atoms with van der Waals surface area (Å²) in [5.41, 5.74) is 4.43. The molecule has 0 aromatic carbocycles. The second-order valence-corrected chi connectivity index (χ2v) is 4.77. The number of nitrogens with one attached hydrogen (secondary N) is 1. The first-order chi connectivity index (χ1) is 8.06. The predicted octanol–water partition coefficient (Wildman–Crippen LogP) is -1.35. The zero-order valence-corrected chi connectivity index (χ0v) is 10.0. The van der Waals surface area contributed by atoms with Crippen LogP contribution in [0.25, 0.3) is 0 Å². The maximum atomic E-state index is 10.9. The smallest absolute Gasteiger partial charge is 0.249 e. The summed E-state index contributed by atoms with van der Waals surface area (Å²) < 4.78 is 0. The van der Waals surface area contributed by atoms with Gasteiger partial charge in [-0.3, -0.25) is 4.79 Å². The van der Waals surface area contributed by atoms with Crippen molar-refractivity contribution < 1.29 is 20.1 Å². The van der Waals surface area contributed by atoms with Crippen molar-refractivity contribution in [2.45, 2.75) is 12.1 Å². The highest BCUT2D eigenvalue weighted by Crippen LogP contribution is 2.15. The molecule has 0 saturated heterocycles. The molecule has 1 aromatic heterocycles. The fourth-order valence-corrected chi connectivity index (χ4v) is 2.01. The van der Waals surface area contributed by atoms with Gasteiger partial charge in [0, 0.05) is 16.8 Å². The largest absolute Gasteiger partial charge is 0.394 e. The normalized spacial score (nSPS) is 11.7. The standard InChI is InChI=1S/C10H16N2O4S/c11-9(16)7-1-8(17-3-7)2-12-10(4-13,5-14)6-15/h1,3,12-15H,2,4-6H2,(H2,11,16). The summed E-state index contributed by atoms with van der Waals surface area (Å²) in [6.07, 6.45) is 0. The van der Waals surface area contributed by atoms with Gasteiger partial charge in [-0.25, -0.2) is 0 Å². The SMILES string of the molecule is NC(=O)c1csc(CNC(CO)(CO)CO)c1. The minimum absolute atomic E-state index is 0.333. The number of primary amides is 1. The van der Waals surface area contributed by atoms with Gasteiger partial charge >= 0.3 is 0 Å². The lowest BCUT2D eigenvalue weighted by atomic mass is 10.0. The van der Waals surface area contributed by atoms with Crippen LogP contribution < -0.4 is 11.1 Å². The topological polar surface area (TPSA) is 116 Å². The monoisotopic (exact) mass is 260 g/mol. The maximum Gasteiger partial charge on any atom is 0.249 e. The number of carbonyl (C=O) groups is 1. The zero-order chi connectivity index (χ0) is 12.9. The molecule has 1 aromatic rings. The molecule has 0 aliphatic heterocycles. The Bertz CT molecular complexity index is 368. The van der Waals surface area contributed by atoms with E-state index in [1.54, 1.807) is 11.4 Å². The third-order valence-electron chi connectivity index (χ3n) is 2.48. The van der Waals surface area contributed by atoms with Gasteiger partial charge in [0.2, 0.25) is 5.91 Å². The van der Waals surface area contributed by atoms with Crippen molar-refractivity contribution in [3.05, 3.63) is 21.9 Å². The van der Waals surface area contributed by atoms with Gasteiger partial charge in [-0.2, -0.15) is 0 Å². The van der Waals surface area contributed by atoms with Crippen LogP contribution in [-0.4, -0.2) is 46.6 Å². The predicted molar refractivity (Wildman–Crippen MR) is 63.7 cm³/mol. The van der Waals surface area contributed by atoms with Gasteiger partial charge in [0.25, 0.3) is 0 Å². The summed E-state index contributed by atoms with van der Waals surface area (Å²) in [5, 5.41) is 31.8. The molecule has 0 radical (unpaired) electrons. The number of carbonyl (C=O) groups excluding carboxylic acids is 1. The van der Waals surface area contributed by atoms with Crippen LogP contribution in [0.15, 0.2) is 11.4 Å². The van der Waals surface area contributed by atoms with E-state index in [1.807, 2.05) is 0 Å². The van der Waals surface area contributed by atoms with Gasteiger partial charge < -0.3 is 26.4 Å². The van der Waals surface area contributed by atoms with Gasteiger partial charge in [0.05, 0.1) is 30.9 Å².